The van der Waals surface area contributed by atoms with Crippen LogP contribution in [0.5, 0.6) is 0 Å². The molecule has 16 heavy (non-hydrogen) atoms. The molecule has 0 aromatic carbocycles. The lowest BCUT2D eigenvalue weighted by atomic mass is 10.2. The molecule has 0 unspecified atom stereocenters. The van der Waals surface area contributed by atoms with Gasteiger partial charge in [0.1, 0.15) is 0 Å². The molecule has 0 aliphatic heterocycles. The lowest BCUT2D eigenvalue weighted by Crippen LogP contribution is -1.84. The number of Topliss-reactive ketones (excluding diaryl/α,β-unsaturated/α-hetero) is 1. The molecule has 0 amide bonds. The first-order chi connectivity index (χ1) is 7.59. The van der Waals surface area contributed by atoms with Crippen molar-refractivity contribution in [1.29, 1.82) is 0 Å². The zero-order valence-corrected chi connectivity index (χ0v) is 10.8. The number of thioether (sulfide) groups is 1. The molecule has 0 bridgehead atoms. The van der Waals surface area contributed by atoms with Crippen LogP contribution in [0.1, 0.15) is 35.5 Å². The van der Waals surface area contributed by atoms with Crippen molar-refractivity contribution in [3.05, 3.63) is 21.9 Å². The molecule has 1 aromatic rings. The molecule has 0 atom stereocenters. The van der Waals surface area contributed by atoms with Crippen LogP contribution in [-0.2, 0) is 4.79 Å². The minimum absolute atomic E-state index is 0.0742. The molecule has 84 valence electrons. The summed E-state index contributed by atoms with van der Waals surface area (Å²) in [5.74, 6) is 6.76. The van der Waals surface area contributed by atoms with Crippen LogP contribution in [0.25, 0.3) is 0 Å². The van der Waals surface area contributed by atoms with Crippen molar-refractivity contribution in [3.63, 3.8) is 0 Å². The molecular formula is C12H12O2S2. The van der Waals surface area contributed by atoms with Crippen LogP contribution < -0.4 is 0 Å². The summed E-state index contributed by atoms with van der Waals surface area (Å²) in [6, 6.07) is 1.80. The van der Waals surface area contributed by atoms with Crippen LogP contribution in [0.3, 0.4) is 0 Å². The normalized spacial score (nSPS) is 9.38. The van der Waals surface area contributed by atoms with Gasteiger partial charge in [0.25, 0.3) is 0 Å². The van der Waals surface area contributed by atoms with Crippen LogP contribution >= 0.6 is 23.1 Å². The summed E-state index contributed by atoms with van der Waals surface area (Å²) in [4.78, 5) is 22.4. The highest BCUT2D eigenvalue weighted by Crippen LogP contribution is 2.14. The summed E-state index contributed by atoms with van der Waals surface area (Å²) in [5.41, 5.74) is 0.878. The number of rotatable bonds is 3. The Morgan fingerprint density at radius 1 is 1.44 bits per heavy atom. The van der Waals surface area contributed by atoms with E-state index < -0.39 is 0 Å². The molecule has 0 N–H and O–H groups in total. The molecule has 1 rings (SSSR count). The highest BCUT2D eigenvalue weighted by atomic mass is 32.2. The average molecular weight is 252 g/mol. The Bertz CT molecular complexity index is 449. The van der Waals surface area contributed by atoms with Gasteiger partial charge in [0.05, 0.1) is 4.88 Å². The number of hydrogen-bond donors (Lipinski definition) is 0. The molecule has 0 fully saturated rings. The average Bonchev–Trinajstić information content (AvgIpc) is 2.65. The van der Waals surface area contributed by atoms with Crippen molar-refractivity contribution in [3.8, 4) is 11.8 Å². The minimum atomic E-state index is 0.0742. The highest BCUT2D eigenvalue weighted by Gasteiger charge is 2.01. The van der Waals surface area contributed by atoms with Crippen molar-refractivity contribution in [1.82, 2.24) is 0 Å². The fourth-order valence-corrected chi connectivity index (χ4v) is 2.23. The quantitative estimate of drug-likeness (QED) is 0.471. The van der Waals surface area contributed by atoms with Gasteiger partial charge < -0.3 is 0 Å². The van der Waals surface area contributed by atoms with Crippen molar-refractivity contribution in [2.75, 3.05) is 5.75 Å². The van der Waals surface area contributed by atoms with E-state index in [9.17, 15) is 9.59 Å². The van der Waals surface area contributed by atoms with Gasteiger partial charge in [-0.2, -0.15) is 0 Å². The summed E-state index contributed by atoms with van der Waals surface area (Å²) in [7, 11) is 0. The predicted octanol–water partition coefficient (Wildman–Crippen LogP) is 2.97. The van der Waals surface area contributed by atoms with Gasteiger partial charge in [-0.3, -0.25) is 9.59 Å². The Morgan fingerprint density at radius 3 is 2.75 bits per heavy atom. The second kappa shape index (κ2) is 6.51. The second-order valence-electron chi connectivity index (χ2n) is 3.15. The summed E-state index contributed by atoms with van der Waals surface area (Å²) < 4.78 is 0. The van der Waals surface area contributed by atoms with Crippen molar-refractivity contribution < 1.29 is 9.59 Å². The first-order valence-electron chi connectivity index (χ1n) is 4.81. The third-order valence-electron chi connectivity index (χ3n) is 1.71. The minimum Gasteiger partial charge on any atom is -0.294 e. The van der Waals surface area contributed by atoms with Crippen LogP contribution in [0.2, 0.25) is 0 Å². The summed E-state index contributed by atoms with van der Waals surface area (Å²) in [6.07, 6.45) is 0.690. The van der Waals surface area contributed by atoms with E-state index in [2.05, 4.69) is 11.8 Å². The van der Waals surface area contributed by atoms with Gasteiger partial charge >= 0.3 is 0 Å². The SMILES string of the molecule is CC(=O)SCCC#Cc1csc(C(C)=O)c1. The van der Waals surface area contributed by atoms with E-state index in [4.69, 9.17) is 0 Å². The standard InChI is InChI=1S/C12H12O2S2/c1-9(13)12-7-11(8-16-12)5-3-4-6-15-10(2)14/h7-8H,4,6H2,1-2H3. The summed E-state index contributed by atoms with van der Waals surface area (Å²) in [5, 5.41) is 2.00. The lowest BCUT2D eigenvalue weighted by Gasteiger charge is -1.88. The number of carbonyl (C=O) groups is 2. The molecule has 0 radical (unpaired) electrons. The Morgan fingerprint density at radius 2 is 2.19 bits per heavy atom. The van der Waals surface area contributed by atoms with E-state index in [1.54, 1.807) is 19.9 Å². The lowest BCUT2D eigenvalue weighted by molar-refractivity contribution is -0.109. The summed E-state index contributed by atoms with van der Waals surface area (Å²) >= 11 is 2.70. The second-order valence-corrected chi connectivity index (χ2v) is 5.33. The molecule has 0 saturated heterocycles. The maximum Gasteiger partial charge on any atom is 0.185 e. The number of ketones is 1. The molecule has 2 nitrogen and oxygen atoms in total. The smallest absolute Gasteiger partial charge is 0.185 e. The van der Waals surface area contributed by atoms with E-state index in [1.807, 2.05) is 5.38 Å². The van der Waals surface area contributed by atoms with Gasteiger partial charge in [-0.25, -0.2) is 0 Å². The fraction of sp³-hybridized carbons (Fsp3) is 0.333. The van der Waals surface area contributed by atoms with Gasteiger partial charge in [0.15, 0.2) is 10.9 Å². The Balaban J connectivity index is 2.44. The van der Waals surface area contributed by atoms with Gasteiger partial charge in [0.2, 0.25) is 0 Å². The molecule has 1 heterocycles. The number of carbonyl (C=O) groups excluding carboxylic acids is 2. The largest absolute Gasteiger partial charge is 0.294 e. The third kappa shape index (κ3) is 4.65. The van der Waals surface area contributed by atoms with Gasteiger partial charge in [-0.05, 0) is 13.0 Å². The highest BCUT2D eigenvalue weighted by molar-refractivity contribution is 8.13. The molecular weight excluding hydrogens is 240 g/mol. The molecule has 0 saturated carbocycles. The molecule has 1 aromatic heterocycles. The zero-order chi connectivity index (χ0) is 12.0. The third-order valence-corrected chi connectivity index (χ3v) is 3.56. The first-order valence-corrected chi connectivity index (χ1v) is 6.68. The number of thiophene rings is 1. The molecule has 0 spiro atoms. The van der Waals surface area contributed by atoms with Crippen molar-refractivity contribution in [2.45, 2.75) is 20.3 Å². The Hall–Kier alpha value is -1.05. The van der Waals surface area contributed by atoms with Gasteiger partial charge in [0, 0.05) is 30.0 Å². The van der Waals surface area contributed by atoms with Crippen molar-refractivity contribution >= 4 is 34.0 Å². The van der Waals surface area contributed by atoms with E-state index in [0.717, 1.165) is 16.2 Å². The van der Waals surface area contributed by atoms with E-state index >= 15 is 0 Å². The topological polar surface area (TPSA) is 34.1 Å². The van der Waals surface area contributed by atoms with Crippen LogP contribution in [-0.4, -0.2) is 16.7 Å². The molecule has 0 aliphatic rings. The van der Waals surface area contributed by atoms with Crippen LogP contribution in [0.15, 0.2) is 11.4 Å². The fourth-order valence-electron chi connectivity index (χ4n) is 0.997. The Kier molecular flexibility index (Phi) is 5.30. The van der Waals surface area contributed by atoms with Crippen LogP contribution in [0, 0.1) is 11.8 Å². The van der Waals surface area contributed by atoms with Gasteiger partial charge in [-0.1, -0.05) is 23.6 Å². The maximum atomic E-state index is 11.0. The monoisotopic (exact) mass is 252 g/mol. The molecule has 4 heteroatoms. The Labute approximate surface area is 103 Å². The molecule has 0 aliphatic carbocycles. The number of hydrogen-bond acceptors (Lipinski definition) is 4. The van der Waals surface area contributed by atoms with E-state index in [0.29, 0.717) is 6.42 Å². The maximum absolute atomic E-state index is 11.0. The van der Waals surface area contributed by atoms with Gasteiger partial charge in [-0.15, -0.1) is 11.3 Å². The zero-order valence-electron chi connectivity index (χ0n) is 9.20. The van der Waals surface area contributed by atoms with E-state index in [1.165, 1.54) is 23.1 Å². The first kappa shape index (κ1) is 13.0. The van der Waals surface area contributed by atoms with E-state index in [-0.39, 0.29) is 10.9 Å². The predicted molar refractivity (Wildman–Crippen MR) is 69.0 cm³/mol. The van der Waals surface area contributed by atoms with Crippen molar-refractivity contribution in [2.24, 2.45) is 0 Å². The van der Waals surface area contributed by atoms with Crippen LogP contribution in [0.4, 0.5) is 0 Å². The summed E-state index contributed by atoms with van der Waals surface area (Å²) in [6.45, 7) is 3.10.